The summed E-state index contributed by atoms with van der Waals surface area (Å²) in [6.07, 6.45) is 2.13. The Labute approximate surface area is 102 Å². The van der Waals surface area contributed by atoms with Gasteiger partial charge in [0.25, 0.3) is 0 Å². The number of rotatable bonds is 3. The minimum atomic E-state index is 0.790. The number of hydrogen-bond donors (Lipinski definition) is 2. The summed E-state index contributed by atoms with van der Waals surface area (Å²) in [5, 5.41) is 0. The quantitative estimate of drug-likeness (QED) is 0.787. The van der Waals surface area contributed by atoms with E-state index in [0.29, 0.717) is 0 Å². The lowest BCUT2D eigenvalue weighted by Gasteiger charge is -2.08. The second-order valence-electron chi connectivity index (χ2n) is 4.29. The molecule has 0 bridgehead atoms. The highest BCUT2D eigenvalue weighted by Gasteiger charge is 2.02. The molecule has 2 aromatic rings. The second-order valence-corrected chi connectivity index (χ2v) is 4.29. The van der Waals surface area contributed by atoms with Crippen LogP contribution in [0.4, 0.5) is 11.4 Å². The van der Waals surface area contributed by atoms with Gasteiger partial charge in [0.1, 0.15) is 0 Å². The Kier molecular flexibility index (Phi) is 3.33. The van der Waals surface area contributed by atoms with Crippen LogP contribution < -0.4 is 11.5 Å². The van der Waals surface area contributed by atoms with Gasteiger partial charge in [0.2, 0.25) is 0 Å². The van der Waals surface area contributed by atoms with Crippen molar-refractivity contribution >= 4 is 11.4 Å². The van der Waals surface area contributed by atoms with Crippen LogP contribution in [0.1, 0.15) is 18.9 Å². The van der Waals surface area contributed by atoms with E-state index in [-0.39, 0.29) is 0 Å². The molecule has 0 fully saturated rings. The third-order valence-corrected chi connectivity index (χ3v) is 2.91. The lowest BCUT2D eigenvalue weighted by atomic mass is 9.99. The van der Waals surface area contributed by atoms with Gasteiger partial charge in [-0.1, -0.05) is 31.5 Å². The van der Waals surface area contributed by atoms with E-state index in [9.17, 15) is 0 Å². The molecule has 2 aromatic carbocycles. The van der Waals surface area contributed by atoms with E-state index in [2.05, 4.69) is 19.1 Å². The van der Waals surface area contributed by atoms with Gasteiger partial charge in [0.15, 0.2) is 0 Å². The van der Waals surface area contributed by atoms with Crippen LogP contribution in [0.5, 0.6) is 0 Å². The highest BCUT2D eigenvalue weighted by molar-refractivity contribution is 5.69. The van der Waals surface area contributed by atoms with Gasteiger partial charge in [-0.15, -0.1) is 0 Å². The lowest BCUT2D eigenvalue weighted by Crippen LogP contribution is -1.94. The fourth-order valence-electron chi connectivity index (χ4n) is 1.95. The van der Waals surface area contributed by atoms with Crippen LogP contribution in [0.3, 0.4) is 0 Å². The molecular weight excluding hydrogens is 208 g/mol. The summed E-state index contributed by atoms with van der Waals surface area (Å²) < 4.78 is 0. The van der Waals surface area contributed by atoms with Gasteiger partial charge in [0, 0.05) is 11.4 Å². The van der Waals surface area contributed by atoms with Gasteiger partial charge in [0.05, 0.1) is 0 Å². The maximum absolute atomic E-state index is 5.96. The summed E-state index contributed by atoms with van der Waals surface area (Å²) in [5.41, 5.74) is 16.9. The smallest absolute Gasteiger partial charge is 0.0346 e. The molecule has 2 rings (SSSR count). The van der Waals surface area contributed by atoms with E-state index in [1.54, 1.807) is 0 Å². The Bertz CT molecular complexity index is 501. The average Bonchev–Trinajstić information content (AvgIpc) is 2.33. The average molecular weight is 226 g/mol. The standard InChI is InChI=1S/C15H18N2/c1-2-3-13-10-12(6-9-15(13)17)11-4-7-14(16)8-5-11/h4-10H,2-3,16-17H2,1H3. The van der Waals surface area contributed by atoms with Gasteiger partial charge in [-0.2, -0.15) is 0 Å². The molecule has 0 saturated heterocycles. The number of benzene rings is 2. The summed E-state index contributed by atoms with van der Waals surface area (Å²) in [7, 11) is 0. The van der Waals surface area contributed by atoms with Crippen LogP contribution in [0.2, 0.25) is 0 Å². The van der Waals surface area contributed by atoms with Crippen LogP contribution >= 0.6 is 0 Å². The van der Waals surface area contributed by atoms with E-state index in [1.807, 2.05) is 30.3 Å². The number of anilines is 2. The minimum absolute atomic E-state index is 0.790. The lowest BCUT2D eigenvalue weighted by molar-refractivity contribution is 0.925. The number of aryl methyl sites for hydroxylation is 1. The molecule has 0 aliphatic heterocycles. The molecule has 88 valence electrons. The predicted molar refractivity (Wildman–Crippen MR) is 74.7 cm³/mol. The number of nitrogens with two attached hydrogens (primary N) is 2. The molecule has 0 atom stereocenters. The first kappa shape index (κ1) is 11.5. The summed E-state index contributed by atoms with van der Waals surface area (Å²) in [4.78, 5) is 0. The predicted octanol–water partition coefficient (Wildman–Crippen LogP) is 3.47. The fourth-order valence-corrected chi connectivity index (χ4v) is 1.95. The maximum Gasteiger partial charge on any atom is 0.0346 e. The normalized spacial score (nSPS) is 10.4. The Balaban J connectivity index is 2.39. The van der Waals surface area contributed by atoms with E-state index < -0.39 is 0 Å². The summed E-state index contributed by atoms with van der Waals surface area (Å²) >= 11 is 0. The molecule has 0 spiro atoms. The van der Waals surface area contributed by atoms with Crippen molar-refractivity contribution in [1.29, 1.82) is 0 Å². The topological polar surface area (TPSA) is 52.0 Å². The van der Waals surface area contributed by atoms with Crippen molar-refractivity contribution in [3.8, 4) is 11.1 Å². The summed E-state index contributed by atoms with van der Waals surface area (Å²) in [6, 6.07) is 14.1. The molecular formula is C15H18N2. The van der Waals surface area contributed by atoms with Crippen molar-refractivity contribution in [3.05, 3.63) is 48.0 Å². The molecule has 0 saturated carbocycles. The molecule has 17 heavy (non-hydrogen) atoms. The molecule has 0 heterocycles. The van der Waals surface area contributed by atoms with Gasteiger partial charge in [-0.3, -0.25) is 0 Å². The van der Waals surface area contributed by atoms with Crippen LogP contribution in [-0.2, 0) is 6.42 Å². The Hall–Kier alpha value is -1.96. The molecule has 2 heteroatoms. The van der Waals surface area contributed by atoms with Crippen molar-refractivity contribution in [2.75, 3.05) is 11.5 Å². The van der Waals surface area contributed by atoms with Crippen molar-refractivity contribution < 1.29 is 0 Å². The zero-order chi connectivity index (χ0) is 12.3. The molecule has 0 aliphatic carbocycles. The van der Waals surface area contributed by atoms with Crippen LogP contribution in [0, 0.1) is 0 Å². The molecule has 4 N–H and O–H groups in total. The first-order chi connectivity index (χ1) is 8.20. The SMILES string of the molecule is CCCc1cc(-c2ccc(N)cc2)ccc1N. The summed E-state index contributed by atoms with van der Waals surface area (Å²) in [5.74, 6) is 0. The highest BCUT2D eigenvalue weighted by Crippen LogP contribution is 2.25. The van der Waals surface area contributed by atoms with Crippen LogP contribution in [0.25, 0.3) is 11.1 Å². The van der Waals surface area contributed by atoms with Gasteiger partial charge in [-0.05, 0) is 47.4 Å². The number of hydrogen-bond acceptors (Lipinski definition) is 2. The van der Waals surface area contributed by atoms with E-state index in [1.165, 1.54) is 16.7 Å². The van der Waals surface area contributed by atoms with Gasteiger partial charge in [-0.25, -0.2) is 0 Å². The van der Waals surface area contributed by atoms with Gasteiger partial charge >= 0.3 is 0 Å². The van der Waals surface area contributed by atoms with Crippen molar-refractivity contribution in [3.63, 3.8) is 0 Å². The van der Waals surface area contributed by atoms with Crippen molar-refractivity contribution in [2.45, 2.75) is 19.8 Å². The third kappa shape index (κ3) is 2.59. The number of nitrogen functional groups attached to an aromatic ring is 2. The fraction of sp³-hybridized carbons (Fsp3) is 0.200. The monoisotopic (exact) mass is 226 g/mol. The Morgan fingerprint density at radius 2 is 1.53 bits per heavy atom. The molecule has 0 unspecified atom stereocenters. The van der Waals surface area contributed by atoms with Crippen molar-refractivity contribution in [1.82, 2.24) is 0 Å². The first-order valence-corrected chi connectivity index (χ1v) is 5.95. The third-order valence-electron chi connectivity index (χ3n) is 2.91. The molecule has 2 nitrogen and oxygen atoms in total. The highest BCUT2D eigenvalue weighted by atomic mass is 14.6. The zero-order valence-electron chi connectivity index (χ0n) is 10.1. The Morgan fingerprint density at radius 3 is 2.18 bits per heavy atom. The molecule has 0 aliphatic rings. The minimum Gasteiger partial charge on any atom is -0.399 e. The van der Waals surface area contributed by atoms with Crippen LogP contribution in [-0.4, -0.2) is 0 Å². The zero-order valence-corrected chi connectivity index (χ0v) is 10.1. The van der Waals surface area contributed by atoms with Gasteiger partial charge < -0.3 is 11.5 Å². The second kappa shape index (κ2) is 4.91. The summed E-state index contributed by atoms with van der Waals surface area (Å²) in [6.45, 7) is 2.16. The van der Waals surface area contributed by atoms with E-state index >= 15 is 0 Å². The van der Waals surface area contributed by atoms with Crippen LogP contribution in [0.15, 0.2) is 42.5 Å². The van der Waals surface area contributed by atoms with Crippen molar-refractivity contribution in [2.24, 2.45) is 0 Å². The molecule has 0 aromatic heterocycles. The Morgan fingerprint density at radius 1 is 0.882 bits per heavy atom. The molecule has 0 amide bonds. The largest absolute Gasteiger partial charge is 0.399 e. The maximum atomic E-state index is 5.96. The van der Waals surface area contributed by atoms with E-state index in [4.69, 9.17) is 11.5 Å². The van der Waals surface area contributed by atoms with E-state index in [0.717, 1.165) is 24.2 Å². The first-order valence-electron chi connectivity index (χ1n) is 5.95. The molecule has 0 radical (unpaired) electrons.